The summed E-state index contributed by atoms with van der Waals surface area (Å²) >= 11 is 0. The highest BCUT2D eigenvalue weighted by atomic mass is 19.1. The van der Waals surface area contributed by atoms with Gasteiger partial charge in [0.25, 0.3) is 0 Å². The van der Waals surface area contributed by atoms with Crippen LogP contribution in [-0.2, 0) is 0 Å². The molecular formula is C15H19FN4. The number of imidazole rings is 1. The van der Waals surface area contributed by atoms with E-state index in [0.29, 0.717) is 29.0 Å². The Hall–Kier alpha value is -1.62. The number of aromatic nitrogens is 2. The number of fused-ring (bicyclic) bond motifs is 4. The molecule has 5 rings (SSSR count). The number of benzene rings is 1. The Balaban J connectivity index is 1.87. The van der Waals surface area contributed by atoms with Crippen molar-refractivity contribution >= 4 is 17.0 Å². The molecule has 3 aliphatic heterocycles. The predicted molar refractivity (Wildman–Crippen MR) is 77.0 cm³/mol. The zero-order chi connectivity index (χ0) is 13.9. The lowest BCUT2D eigenvalue weighted by Crippen LogP contribution is -2.48. The standard InChI is InChI=1S/C15H19FN4/c1-9-6-13-12(7-11(9)16)18-15(17)20(13)14-8-19-4-2-10(14)3-5-19/h6-7,10,14H,2-5,8H2,1H3,(H2,17,18). The number of anilines is 1. The summed E-state index contributed by atoms with van der Waals surface area (Å²) in [5.74, 6) is 0.977. The highest BCUT2D eigenvalue weighted by Gasteiger charge is 2.36. The first kappa shape index (κ1) is 12.1. The maximum atomic E-state index is 13.7. The van der Waals surface area contributed by atoms with Crippen molar-refractivity contribution in [3.63, 3.8) is 0 Å². The number of rotatable bonds is 1. The lowest BCUT2D eigenvalue weighted by atomic mass is 9.84. The van der Waals surface area contributed by atoms with E-state index in [4.69, 9.17) is 5.73 Å². The van der Waals surface area contributed by atoms with E-state index >= 15 is 0 Å². The third-order valence-corrected chi connectivity index (χ3v) is 4.95. The maximum absolute atomic E-state index is 13.7. The van der Waals surface area contributed by atoms with E-state index in [1.807, 2.05) is 6.07 Å². The molecule has 0 spiro atoms. The number of nitrogens with zero attached hydrogens (tertiary/aromatic N) is 3. The van der Waals surface area contributed by atoms with Crippen LogP contribution in [0.5, 0.6) is 0 Å². The number of aryl methyl sites for hydroxylation is 1. The topological polar surface area (TPSA) is 47.1 Å². The molecule has 1 aromatic heterocycles. The monoisotopic (exact) mass is 274 g/mol. The van der Waals surface area contributed by atoms with Gasteiger partial charge in [0.05, 0.1) is 17.1 Å². The fourth-order valence-electron chi connectivity index (χ4n) is 3.81. The Bertz CT molecular complexity index is 670. The minimum atomic E-state index is -0.212. The number of halogens is 1. The Labute approximate surface area is 117 Å². The average Bonchev–Trinajstić information content (AvgIpc) is 2.76. The van der Waals surface area contributed by atoms with Crippen LogP contribution in [-0.4, -0.2) is 34.1 Å². The Morgan fingerprint density at radius 1 is 1.30 bits per heavy atom. The van der Waals surface area contributed by atoms with Gasteiger partial charge in [-0.15, -0.1) is 0 Å². The summed E-state index contributed by atoms with van der Waals surface area (Å²) in [5.41, 5.74) is 8.42. The second-order valence-corrected chi connectivity index (χ2v) is 6.14. The zero-order valence-corrected chi connectivity index (χ0v) is 11.6. The van der Waals surface area contributed by atoms with Crippen molar-refractivity contribution in [1.29, 1.82) is 0 Å². The summed E-state index contributed by atoms with van der Waals surface area (Å²) in [5, 5.41) is 0. The van der Waals surface area contributed by atoms with Crippen LogP contribution in [0, 0.1) is 18.7 Å². The van der Waals surface area contributed by atoms with Gasteiger partial charge in [0.2, 0.25) is 5.95 Å². The van der Waals surface area contributed by atoms with Crippen LogP contribution in [0.25, 0.3) is 11.0 Å². The van der Waals surface area contributed by atoms with Crippen LogP contribution in [0.3, 0.4) is 0 Å². The molecule has 5 heteroatoms. The maximum Gasteiger partial charge on any atom is 0.201 e. The number of hydrogen-bond acceptors (Lipinski definition) is 3. The lowest BCUT2D eigenvalue weighted by molar-refractivity contribution is 0.0598. The molecule has 1 aromatic carbocycles. The Morgan fingerprint density at radius 2 is 2.05 bits per heavy atom. The predicted octanol–water partition coefficient (Wildman–Crippen LogP) is 2.33. The van der Waals surface area contributed by atoms with Gasteiger partial charge in [-0.25, -0.2) is 9.37 Å². The van der Waals surface area contributed by atoms with Gasteiger partial charge < -0.3 is 15.2 Å². The van der Waals surface area contributed by atoms with Gasteiger partial charge in [-0.2, -0.15) is 0 Å². The highest BCUT2D eigenvalue weighted by molar-refractivity contribution is 5.79. The molecule has 0 radical (unpaired) electrons. The van der Waals surface area contributed by atoms with Crippen LogP contribution < -0.4 is 5.73 Å². The molecule has 106 valence electrons. The molecule has 3 saturated heterocycles. The second kappa shape index (κ2) is 4.19. The smallest absolute Gasteiger partial charge is 0.201 e. The first-order valence-corrected chi connectivity index (χ1v) is 7.29. The molecule has 0 amide bonds. The van der Waals surface area contributed by atoms with Gasteiger partial charge in [-0.05, 0) is 50.4 Å². The molecule has 2 N–H and O–H groups in total. The fraction of sp³-hybridized carbons (Fsp3) is 0.533. The van der Waals surface area contributed by atoms with E-state index < -0.39 is 0 Å². The Morgan fingerprint density at radius 3 is 2.70 bits per heavy atom. The van der Waals surface area contributed by atoms with Crippen molar-refractivity contribution in [2.45, 2.75) is 25.8 Å². The molecule has 3 aliphatic rings. The van der Waals surface area contributed by atoms with E-state index in [-0.39, 0.29) is 5.82 Å². The number of nitrogen functional groups attached to an aromatic ring is 1. The van der Waals surface area contributed by atoms with Gasteiger partial charge in [0, 0.05) is 12.6 Å². The fourth-order valence-corrected chi connectivity index (χ4v) is 3.81. The van der Waals surface area contributed by atoms with E-state index in [2.05, 4.69) is 14.5 Å². The molecule has 20 heavy (non-hydrogen) atoms. The van der Waals surface area contributed by atoms with Gasteiger partial charge in [0.15, 0.2) is 0 Å². The number of nitrogens with two attached hydrogens (primary N) is 1. The quantitative estimate of drug-likeness (QED) is 0.868. The lowest BCUT2D eigenvalue weighted by Gasteiger charge is -2.45. The van der Waals surface area contributed by atoms with Gasteiger partial charge in [-0.3, -0.25) is 0 Å². The van der Waals surface area contributed by atoms with Crippen LogP contribution in [0.4, 0.5) is 10.3 Å². The zero-order valence-electron chi connectivity index (χ0n) is 11.6. The van der Waals surface area contributed by atoms with E-state index in [1.165, 1.54) is 32.0 Å². The normalized spacial score (nSPS) is 29.2. The molecule has 0 saturated carbocycles. The molecule has 0 aliphatic carbocycles. The first-order chi connectivity index (χ1) is 9.63. The molecule has 3 fully saturated rings. The van der Waals surface area contributed by atoms with Crippen molar-refractivity contribution in [3.8, 4) is 0 Å². The summed E-state index contributed by atoms with van der Waals surface area (Å²) in [4.78, 5) is 6.85. The van der Waals surface area contributed by atoms with E-state index in [1.54, 1.807) is 6.92 Å². The molecule has 4 nitrogen and oxygen atoms in total. The summed E-state index contributed by atoms with van der Waals surface area (Å²) in [6.07, 6.45) is 2.45. The Kier molecular flexibility index (Phi) is 2.54. The van der Waals surface area contributed by atoms with Crippen LogP contribution in [0.15, 0.2) is 12.1 Å². The summed E-state index contributed by atoms with van der Waals surface area (Å²) in [6, 6.07) is 3.76. The average molecular weight is 274 g/mol. The second-order valence-electron chi connectivity index (χ2n) is 6.14. The molecule has 1 atom stereocenters. The first-order valence-electron chi connectivity index (χ1n) is 7.29. The molecule has 2 aromatic rings. The molecular weight excluding hydrogens is 255 g/mol. The molecule has 4 heterocycles. The summed E-state index contributed by atoms with van der Waals surface area (Å²) in [7, 11) is 0. The third kappa shape index (κ3) is 1.66. The highest BCUT2D eigenvalue weighted by Crippen LogP contribution is 2.38. The largest absolute Gasteiger partial charge is 0.369 e. The van der Waals surface area contributed by atoms with Crippen molar-refractivity contribution in [2.75, 3.05) is 25.4 Å². The summed E-state index contributed by atoms with van der Waals surface area (Å²) < 4.78 is 15.8. The van der Waals surface area contributed by atoms with E-state index in [9.17, 15) is 4.39 Å². The third-order valence-electron chi connectivity index (χ3n) is 4.95. The van der Waals surface area contributed by atoms with Gasteiger partial charge >= 0.3 is 0 Å². The van der Waals surface area contributed by atoms with Gasteiger partial charge in [-0.1, -0.05) is 0 Å². The minimum Gasteiger partial charge on any atom is -0.369 e. The van der Waals surface area contributed by atoms with Crippen molar-refractivity contribution in [2.24, 2.45) is 5.92 Å². The van der Waals surface area contributed by atoms with Crippen LogP contribution in [0.2, 0.25) is 0 Å². The molecule has 2 bridgehead atoms. The van der Waals surface area contributed by atoms with E-state index in [0.717, 1.165) is 12.1 Å². The van der Waals surface area contributed by atoms with Crippen LogP contribution in [0.1, 0.15) is 24.4 Å². The minimum absolute atomic E-state index is 0.212. The van der Waals surface area contributed by atoms with Gasteiger partial charge in [0.1, 0.15) is 5.82 Å². The van der Waals surface area contributed by atoms with Crippen LogP contribution >= 0.6 is 0 Å². The number of hydrogen-bond donors (Lipinski definition) is 1. The van der Waals surface area contributed by atoms with Crippen molar-refractivity contribution in [1.82, 2.24) is 14.5 Å². The summed E-state index contributed by atoms with van der Waals surface area (Å²) in [6.45, 7) is 5.22. The number of piperidine rings is 3. The SMILES string of the molecule is Cc1cc2c(cc1F)nc(N)n2C1CN2CCC1CC2. The van der Waals surface area contributed by atoms with Crippen molar-refractivity contribution < 1.29 is 4.39 Å². The van der Waals surface area contributed by atoms with Crippen molar-refractivity contribution in [3.05, 3.63) is 23.5 Å². The molecule has 1 unspecified atom stereocenters.